The maximum absolute atomic E-state index is 11.4. The first-order chi connectivity index (χ1) is 12.4. The van der Waals surface area contributed by atoms with Gasteiger partial charge in [0.2, 0.25) is 0 Å². The van der Waals surface area contributed by atoms with Crippen LogP contribution in [0.3, 0.4) is 0 Å². The zero-order valence-corrected chi connectivity index (χ0v) is 12.9. The van der Waals surface area contributed by atoms with Crippen LogP contribution in [0.25, 0.3) is 33.1 Å². The van der Waals surface area contributed by atoms with Crippen LogP contribution in [0, 0.1) is 0 Å². The Labute approximate surface area is 143 Å². The summed E-state index contributed by atoms with van der Waals surface area (Å²) in [5, 5.41) is 41.2. The minimum atomic E-state index is -0.676. The highest BCUT2D eigenvalue weighted by Gasteiger charge is 2.23. The minimum absolute atomic E-state index is 0.0453. The third kappa shape index (κ3) is 2.16. The second-order valence-corrected chi connectivity index (χ2v) is 5.57. The number of phenolic OH excluding ortho intramolecular Hbond substituents is 4. The molecular weight excluding hydrogens is 344 g/mol. The summed E-state index contributed by atoms with van der Waals surface area (Å²) >= 11 is 0. The van der Waals surface area contributed by atoms with Crippen LogP contribution in [0.2, 0.25) is 0 Å². The molecule has 8 nitrogen and oxygen atoms in total. The normalized spacial score (nSPS) is 11.2. The first-order valence-electron chi connectivity index (χ1n) is 7.35. The highest BCUT2D eigenvalue weighted by Crippen LogP contribution is 2.50. The fourth-order valence-electron chi connectivity index (χ4n) is 2.89. The molecule has 8 heteroatoms. The lowest BCUT2D eigenvalue weighted by atomic mass is 9.95. The molecule has 0 aliphatic heterocycles. The van der Waals surface area contributed by atoms with Gasteiger partial charge in [-0.3, -0.25) is 0 Å². The Morgan fingerprint density at radius 3 is 1.38 bits per heavy atom. The lowest BCUT2D eigenvalue weighted by Crippen LogP contribution is -1.98. The summed E-state index contributed by atoms with van der Waals surface area (Å²) in [6.07, 6.45) is 0. The molecule has 0 spiro atoms. The fourth-order valence-corrected chi connectivity index (χ4v) is 2.89. The predicted molar refractivity (Wildman–Crippen MR) is 90.6 cm³/mol. The van der Waals surface area contributed by atoms with Gasteiger partial charge in [-0.25, -0.2) is 9.59 Å². The highest BCUT2D eigenvalue weighted by molar-refractivity contribution is 6.09. The third-order valence-corrected chi connectivity index (χ3v) is 4.01. The Bertz CT molecular complexity index is 1210. The molecule has 4 rings (SSSR count). The number of fused-ring (bicyclic) bond motifs is 2. The van der Waals surface area contributed by atoms with Crippen molar-refractivity contribution in [3.8, 4) is 34.1 Å². The van der Waals surface area contributed by atoms with Crippen LogP contribution in [0.1, 0.15) is 0 Å². The van der Waals surface area contributed by atoms with E-state index in [2.05, 4.69) is 0 Å². The molecule has 2 heterocycles. The molecule has 2 aromatic heterocycles. The van der Waals surface area contributed by atoms with Gasteiger partial charge in [-0.05, 0) is 12.1 Å². The summed E-state index contributed by atoms with van der Waals surface area (Å²) < 4.78 is 10.0. The SMILES string of the molecule is O=c1ccc2c(-c3c(O)c(O)cc4oc(=O)ccc34)c(O)c(O)cc2o1. The van der Waals surface area contributed by atoms with Crippen LogP contribution in [-0.2, 0) is 0 Å². The molecular formula is C18H10O8. The average Bonchev–Trinajstić information content (AvgIpc) is 2.58. The molecule has 0 radical (unpaired) electrons. The zero-order chi connectivity index (χ0) is 18.6. The topological polar surface area (TPSA) is 141 Å². The van der Waals surface area contributed by atoms with Gasteiger partial charge in [0, 0.05) is 46.2 Å². The van der Waals surface area contributed by atoms with Gasteiger partial charge in [0.1, 0.15) is 11.2 Å². The average molecular weight is 354 g/mol. The Kier molecular flexibility index (Phi) is 3.16. The summed E-state index contributed by atoms with van der Waals surface area (Å²) in [6, 6.07) is 6.98. The molecule has 26 heavy (non-hydrogen) atoms. The van der Waals surface area contributed by atoms with E-state index in [4.69, 9.17) is 8.83 Å². The van der Waals surface area contributed by atoms with Crippen molar-refractivity contribution in [1.82, 2.24) is 0 Å². The van der Waals surface area contributed by atoms with Crippen molar-refractivity contribution in [3.63, 3.8) is 0 Å². The van der Waals surface area contributed by atoms with Crippen LogP contribution < -0.4 is 11.3 Å². The van der Waals surface area contributed by atoms with E-state index in [0.29, 0.717) is 0 Å². The molecule has 4 N–H and O–H groups in total. The van der Waals surface area contributed by atoms with Gasteiger partial charge >= 0.3 is 11.3 Å². The van der Waals surface area contributed by atoms with Crippen molar-refractivity contribution in [2.45, 2.75) is 0 Å². The van der Waals surface area contributed by atoms with Crippen molar-refractivity contribution in [2.75, 3.05) is 0 Å². The summed E-state index contributed by atoms with van der Waals surface area (Å²) in [7, 11) is 0. The van der Waals surface area contributed by atoms with Gasteiger partial charge in [-0.1, -0.05) is 0 Å². The van der Waals surface area contributed by atoms with Crippen LogP contribution in [0.15, 0.2) is 54.8 Å². The quantitative estimate of drug-likeness (QED) is 0.301. The monoisotopic (exact) mass is 354 g/mol. The van der Waals surface area contributed by atoms with Crippen LogP contribution in [0.5, 0.6) is 23.0 Å². The molecule has 0 fully saturated rings. The van der Waals surface area contributed by atoms with E-state index in [-0.39, 0.29) is 33.1 Å². The summed E-state index contributed by atoms with van der Waals surface area (Å²) in [5.41, 5.74) is -1.65. The van der Waals surface area contributed by atoms with Gasteiger partial charge in [0.05, 0.1) is 0 Å². The van der Waals surface area contributed by atoms with E-state index >= 15 is 0 Å². The molecule has 0 aliphatic carbocycles. The van der Waals surface area contributed by atoms with Crippen molar-refractivity contribution in [3.05, 3.63) is 57.2 Å². The Hall–Kier alpha value is -3.94. The van der Waals surface area contributed by atoms with Crippen LogP contribution >= 0.6 is 0 Å². The standard InChI is InChI=1S/C18H10O8/c19-9-5-11-7(1-3-13(21)25-11)15(17(9)23)16-8-2-4-14(22)26-12(8)6-10(20)18(16)24/h1-6,19-20,23-24H. The third-order valence-electron chi connectivity index (χ3n) is 4.01. The lowest BCUT2D eigenvalue weighted by Gasteiger charge is -2.14. The summed E-state index contributed by atoms with van der Waals surface area (Å²) in [6.45, 7) is 0. The van der Waals surface area contributed by atoms with E-state index in [1.165, 1.54) is 12.1 Å². The van der Waals surface area contributed by atoms with Crippen LogP contribution in [-0.4, -0.2) is 20.4 Å². The number of rotatable bonds is 1. The van der Waals surface area contributed by atoms with E-state index in [1.807, 2.05) is 0 Å². The van der Waals surface area contributed by atoms with E-state index in [9.17, 15) is 30.0 Å². The number of hydrogen-bond acceptors (Lipinski definition) is 8. The Morgan fingerprint density at radius 1 is 0.615 bits per heavy atom. The van der Waals surface area contributed by atoms with Crippen molar-refractivity contribution in [1.29, 1.82) is 0 Å². The van der Waals surface area contributed by atoms with Gasteiger partial charge in [-0.15, -0.1) is 0 Å². The molecule has 0 unspecified atom stereocenters. The lowest BCUT2D eigenvalue weighted by molar-refractivity contribution is 0.399. The smallest absolute Gasteiger partial charge is 0.336 e. The molecule has 0 saturated carbocycles. The summed E-state index contributed by atoms with van der Waals surface area (Å²) in [5.74, 6) is -2.43. The van der Waals surface area contributed by atoms with E-state index in [1.54, 1.807) is 0 Å². The summed E-state index contributed by atoms with van der Waals surface area (Å²) in [4.78, 5) is 22.9. The van der Waals surface area contributed by atoms with Crippen molar-refractivity contribution >= 4 is 21.9 Å². The van der Waals surface area contributed by atoms with Gasteiger partial charge in [0.25, 0.3) is 0 Å². The number of aromatic hydroxyl groups is 4. The highest BCUT2D eigenvalue weighted by atomic mass is 16.4. The molecule has 2 aromatic carbocycles. The predicted octanol–water partition coefficient (Wildman–Crippen LogP) is 2.39. The molecule has 0 saturated heterocycles. The zero-order valence-electron chi connectivity index (χ0n) is 12.9. The van der Waals surface area contributed by atoms with Gasteiger partial charge in [0.15, 0.2) is 23.0 Å². The first kappa shape index (κ1) is 15.6. The maximum atomic E-state index is 11.4. The first-order valence-corrected chi connectivity index (χ1v) is 7.35. The fraction of sp³-hybridized carbons (Fsp3) is 0. The molecule has 0 amide bonds. The molecule has 0 aliphatic rings. The van der Waals surface area contributed by atoms with Crippen LogP contribution in [0.4, 0.5) is 0 Å². The van der Waals surface area contributed by atoms with E-state index < -0.39 is 34.2 Å². The molecule has 0 atom stereocenters. The molecule has 4 aromatic rings. The van der Waals surface area contributed by atoms with Crippen molar-refractivity contribution in [2.24, 2.45) is 0 Å². The number of benzene rings is 2. The maximum Gasteiger partial charge on any atom is 0.336 e. The van der Waals surface area contributed by atoms with Crippen molar-refractivity contribution < 1.29 is 29.3 Å². The molecule has 0 bridgehead atoms. The van der Waals surface area contributed by atoms with Gasteiger partial charge < -0.3 is 29.3 Å². The second kappa shape index (κ2) is 5.28. The van der Waals surface area contributed by atoms with E-state index in [0.717, 1.165) is 24.3 Å². The Morgan fingerprint density at radius 2 is 1.00 bits per heavy atom. The Balaban J connectivity index is 2.28. The number of hydrogen-bond donors (Lipinski definition) is 4. The largest absolute Gasteiger partial charge is 0.504 e. The minimum Gasteiger partial charge on any atom is -0.504 e. The van der Waals surface area contributed by atoms with Gasteiger partial charge in [-0.2, -0.15) is 0 Å². The molecule has 130 valence electrons. The number of phenols is 4. The second-order valence-electron chi connectivity index (χ2n) is 5.57.